The number of nitrogens with one attached hydrogen (secondary N) is 1. The lowest BCUT2D eigenvalue weighted by Crippen LogP contribution is -2.38. The van der Waals surface area contributed by atoms with Crippen LogP contribution in [0.3, 0.4) is 0 Å². The van der Waals surface area contributed by atoms with Crippen LogP contribution in [0.25, 0.3) is 0 Å². The average molecular weight is 251 g/mol. The molecule has 0 aliphatic heterocycles. The Morgan fingerprint density at radius 3 is 2.50 bits per heavy atom. The van der Waals surface area contributed by atoms with E-state index in [-0.39, 0.29) is 18.2 Å². The zero-order valence-electron chi connectivity index (χ0n) is 11.6. The van der Waals surface area contributed by atoms with Gasteiger partial charge in [-0.15, -0.1) is 0 Å². The van der Waals surface area contributed by atoms with Gasteiger partial charge in [-0.3, -0.25) is 0 Å². The summed E-state index contributed by atoms with van der Waals surface area (Å²) in [5, 5.41) is 12.8. The number of benzene rings is 1. The van der Waals surface area contributed by atoms with Crippen molar-refractivity contribution in [2.45, 2.75) is 38.3 Å². The highest BCUT2D eigenvalue weighted by Crippen LogP contribution is 2.12. The van der Waals surface area contributed by atoms with E-state index in [0.29, 0.717) is 0 Å². The van der Waals surface area contributed by atoms with E-state index in [4.69, 9.17) is 4.74 Å². The highest BCUT2D eigenvalue weighted by atomic mass is 16.5. The molecule has 3 heteroatoms. The Labute approximate surface area is 110 Å². The predicted molar refractivity (Wildman–Crippen MR) is 74.7 cm³/mol. The summed E-state index contributed by atoms with van der Waals surface area (Å²) in [4.78, 5) is 0. The number of ether oxygens (including phenoxy) is 1. The van der Waals surface area contributed by atoms with Crippen LogP contribution in [0.15, 0.2) is 30.3 Å². The zero-order valence-corrected chi connectivity index (χ0v) is 11.6. The highest BCUT2D eigenvalue weighted by molar-refractivity contribution is 5.15. The summed E-state index contributed by atoms with van der Waals surface area (Å²) >= 11 is 0. The summed E-state index contributed by atoms with van der Waals surface area (Å²) in [7, 11) is 1.73. The summed E-state index contributed by atoms with van der Waals surface area (Å²) in [6.45, 7) is 5.14. The molecule has 0 bridgehead atoms. The normalized spacial score (nSPS) is 13.6. The zero-order chi connectivity index (χ0) is 13.4. The third-order valence-corrected chi connectivity index (χ3v) is 3.26. The predicted octanol–water partition coefficient (Wildman–Crippen LogP) is 1.99. The molecule has 0 aromatic heterocycles. The molecule has 2 N–H and O–H groups in total. The largest absolute Gasteiger partial charge is 0.395 e. The summed E-state index contributed by atoms with van der Waals surface area (Å²) in [6, 6.07) is 10.3. The molecule has 102 valence electrons. The van der Waals surface area contributed by atoms with Gasteiger partial charge in [0.2, 0.25) is 0 Å². The van der Waals surface area contributed by atoms with E-state index in [2.05, 4.69) is 31.3 Å². The molecular weight excluding hydrogens is 226 g/mol. The first kappa shape index (κ1) is 15.2. The van der Waals surface area contributed by atoms with Gasteiger partial charge in [0.25, 0.3) is 0 Å². The Morgan fingerprint density at radius 1 is 1.28 bits per heavy atom. The van der Waals surface area contributed by atoms with Crippen LogP contribution >= 0.6 is 0 Å². The van der Waals surface area contributed by atoms with Crippen molar-refractivity contribution < 1.29 is 9.84 Å². The minimum atomic E-state index is -0.111. The minimum Gasteiger partial charge on any atom is -0.395 e. The fourth-order valence-electron chi connectivity index (χ4n) is 1.78. The van der Waals surface area contributed by atoms with Crippen molar-refractivity contribution in [1.82, 2.24) is 5.32 Å². The molecule has 18 heavy (non-hydrogen) atoms. The maximum atomic E-state index is 9.38. The van der Waals surface area contributed by atoms with E-state index >= 15 is 0 Å². The summed E-state index contributed by atoms with van der Waals surface area (Å²) in [5.74, 6) is 0. The van der Waals surface area contributed by atoms with Gasteiger partial charge in [-0.2, -0.15) is 0 Å². The topological polar surface area (TPSA) is 41.5 Å². The average Bonchev–Trinajstić information content (AvgIpc) is 2.38. The Bertz CT molecular complexity index is 325. The Kier molecular flexibility index (Phi) is 6.33. The molecule has 3 nitrogen and oxygen atoms in total. The SMILES string of the molecule is COC(C)(C)CCN[C@@H](CO)Cc1ccccc1. The van der Waals surface area contributed by atoms with Gasteiger partial charge in [0.05, 0.1) is 12.2 Å². The lowest BCUT2D eigenvalue weighted by molar-refractivity contribution is 0.0149. The molecule has 0 aliphatic rings. The third kappa shape index (κ3) is 5.63. The van der Waals surface area contributed by atoms with Gasteiger partial charge >= 0.3 is 0 Å². The van der Waals surface area contributed by atoms with Crippen molar-refractivity contribution in [1.29, 1.82) is 0 Å². The summed E-state index contributed by atoms with van der Waals surface area (Å²) < 4.78 is 5.37. The van der Waals surface area contributed by atoms with Crippen LogP contribution in [0.1, 0.15) is 25.8 Å². The smallest absolute Gasteiger partial charge is 0.0634 e. The van der Waals surface area contributed by atoms with Crippen LogP contribution in [-0.4, -0.2) is 37.0 Å². The van der Waals surface area contributed by atoms with Gasteiger partial charge in [0.15, 0.2) is 0 Å². The molecule has 1 rings (SSSR count). The van der Waals surface area contributed by atoms with Gasteiger partial charge < -0.3 is 15.2 Å². The molecule has 0 saturated heterocycles. The Morgan fingerprint density at radius 2 is 1.94 bits per heavy atom. The van der Waals surface area contributed by atoms with Crippen LogP contribution in [0, 0.1) is 0 Å². The van der Waals surface area contributed by atoms with E-state index in [1.165, 1.54) is 5.56 Å². The van der Waals surface area contributed by atoms with Crippen LogP contribution in [-0.2, 0) is 11.2 Å². The molecule has 1 atom stereocenters. The number of aliphatic hydroxyl groups excluding tert-OH is 1. The van der Waals surface area contributed by atoms with Gasteiger partial charge in [0, 0.05) is 13.2 Å². The van der Waals surface area contributed by atoms with Crippen molar-refractivity contribution in [3.05, 3.63) is 35.9 Å². The number of methoxy groups -OCH3 is 1. The van der Waals surface area contributed by atoms with Gasteiger partial charge in [-0.05, 0) is 38.8 Å². The van der Waals surface area contributed by atoms with Crippen LogP contribution in [0.4, 0.5) is 0 Å². The number of aliphatic hydroxyl groups is 1. The molecule has 0 unspecified atom stereocenters. The number of rotatable bonds is 8. The Hall–Kier alpha value is -0.900. The molecule has 0 aliphatic carbocycles. The van der Waals surface area contributed by atoms with E-state index in [9.17, 15) is 5.11 Å². The minimum absolute atomic E-state index is 0.111. The molecule has 1 aromatic carbocycles. The number of hydrogen-bond donors (Lipinski definition) is 2. The van der Waals surface area contributed by atoms with Crippen molar-refractivity contribution in [2.75, 3.05) is 20.3 Å². The Balaban J connectivity index is 2.34. The second kappa shape index (κ2) is 7.52. The molecule has 1 aromatic rings. The fourth-order valence-corrected chi connectivity index (χ4v) is 1.78. The molecule has 0 radical (unpaired) electrons. The maximum Gasteiger partial charge on any atom is 0.0634 e. The highest BCUT2D eigenvalue weighted by Gasteiger charge is 2.16. The first-order chi connectivity index (χ1) is 8.57. The van der Waals surface area contributed by atoms with Crippen LogP contribution in [0.5, 0.6) is 0 Å². The monoisotopic (exact) mass is 251 g/mol. The third-order valence-electron chi connectivity index (χ3n) is 3.26. The van der Waals surface area contributed by atoms with E-state index in [1.807, 2.05) is 18.2 Å². The quantitative estimate of drug-likeness (QED) is 0.742. The summed E-state index contributed by atoms with van der Waals surface area (Å²) in [5.41, 5.74) is 1.13. The van der Waals surface area contributed by atoms with E-state index < -0.39 is 0 Å². The van der Waals surface area contributed by atoms with Crippen LogP contribution < -0.4 is 5.32 Å². The van der Waals surface area contributed by atoms with Crippen molar-refractivity contribution in [2.24, 2.45) is 0 Å². The second-order valence-corrected chi connectivity index (χ2v) is 5.24. The van der Waals surface area contributed by atoms with Gasteiger partial charge in [0.1, 0.15) is 0 Å². The van der Waals surface area contributed by atoms with Gasteiger partial charge in [-0.1, -0.05) is 30.3 Å². The van der Waals surface area contributed by atoms with E-state index in [0.717, 1.165) is 19.4 Å². The van der Waals surface area contributed by atoms with Crippen molar-refractivity contribution >= 4 is 0 Å². The first-order valence-corrected chi connectivity index (χ1v) is 6.51. The fraction of sp³-hybridized carbons (Fsp3) is 0.600. The lowest BCUT2D eigenvalue weighted by Gasteiger charge is -2.24. The molecular formula is C15H25NO2. The maximum absolute atomic E-state index is 9.38. The van der Waals surface area contributed by atoms with Crippen molar-refractivity contribution in [3.63, 3.8) is 0 Å². The molecule has 0 spiro atoms. The second-order valence-electron chi connectivity index (χ2n) is 5.24. The molecule has 0 amide bonds. The standard InChI is InChI=1S/C15H25NO2/c1-15(2,18-3)9-10-16-14(12-17)11-13-7-5-4-6-8-13/h4-8,14,16-17H,9-12H2,1-3H3/t14-/m1/s1. The lowest BCUT2D eigenvalue weighted by atomic mass is 10.0. The molecule has 0 heterocycles. The molecule has 0 fully saturated rings. The van der Waals surface area contributed by atoms with Gasteiger partial charge in [-0.25, -0.2) is 0 Å². The first-order valence-electron chi connectivity index (χ1n) is 6.51. The van der Waals surface area contributed by atoms with Crippen LogP contribution in [0.2, 0.25) is 0 Å². The van der Waals surface area contributed by atoms with E-state index in [1.54, 1.807) is 7.11 Å². The summed E-state index contributed by atoms with van der Waals surface area (Å²) in [6.07, 6.45) is 1.78. The van der Waals surface area contributed by atoms with Crippen molar-refractivity contribution in [3.8, 4) is 0 Å². The number of hydrogen-bond acceptors (Lipinski definition) is 3. The molecule has 0 saturated carbocycles.